The lowest BCUT2D eigenvalue weighted by Crippen LogP contribution is -1.88. The van der Waals surface area contributed by atoms with Crippen LogP contribution in [0.4, 0.5) is 0 Å². The van der Waals surface area contributed by atoms with Crippen molar-refractivity contribution in [2.45, 2.75) is 6.42 Å². The van der Waals surface area contributed by atoms with E-state index in [0.717, 1.165) is 23.1 Å². The molecule has 0 saturated carbocycles. The number of carbonyl (C=O) groups is 1. The van der Waals surface area contributed by atoms with Gasteiger partial charge in [-0.05, 0) is 29.0 Å². The highest BCUT2D eigenvalue weighted by Gasteiger charge is 2.03. The molecule has 2 heteroatoms. The Bertz CT molecular complexity index is 417. The normalized spacial score (nSPS) is 10.0. The van der Waals surface area contributed by atoms with Gasteiger partial charge in [0.25, 0.3) is 0 Å². The zero-order valence-corrected chi connectivity index (χ0v) is 8.46. The van der Waals surface area contributed by atoms with Crippen LogP contribution in [0.1, 0.15) is 20.8 Å². The van der Waals surface area contributed by atoms with Gasteiger partial charge in [0.1, 0.15) is 0 Å². The second-order valence-corrected chi connectivity index (χ2v) is 4.04. The highest BCUT2D eigenvalue weighted by molar-refractivity contribution is 7.11. The standard InChI is InChI=1S/C12H10OS/c13-9-12-11(6-7-14-12)8-10-4-2-1-3-5-10/h1-7,9H,8H2. The Labute approximate surface area is 87.0 Å². The second kappa shape index (κ2) is 4.20. The van der Waals surface area contributed by atoms with Gasteiger partial charge in [0.2, 0.25) is 0 Å². The fourth-order valence-electron chi connectivity index (χ4n) is 1.41. The van der Waals surface area contributed by atoms with Gasteiger partial charge in [-0.15, -0.1) is 11.3 Å². The summed E-state index contributed by atoms with van der Waals surface area (Å²) in [5.74, 6) is 0. The zero-order chi connectivity index (χ0) is 9.80. The van der Waals surface area contributed by atoms with Gasteiger partial charge in [0.15, 0.2) is 6.29 Å². The molecule has 14 heavy (non-hydrogen) atoms. The van der Waals surface area contributed by atoms with Crippen molar-refractivity contribution < 1.29 is 4.79 Å². The Morgan fingerprint density at radius 1 is 1.14 bits per heavy atom. The lowest BCUT2D eigenvalue weighted by Gasteiger charge is -1.98. The smallest absolute Gasteiger partial charge is 0.160 e. The van der Waals surface area contributed by atoms with Crippen LogP contribution >= 0.6 is 11.3 Å². The van der Waals surface area contributed by atoms with Crippen molar-refractivity contribution >= 4 is 17.6 Å². The molecule has 0 fully saturated rings. The highest BCUT2D eigenvalue weighted by Crippen LogP contribution is 2.18. The van der Waals surface area contributed by atoms with E-state index < -0.39 is 0 Å². The maximum absolute atomic E-state index is 10.7. The Morgan fingerprint density at radius 3 is 2.64 bits per heavy atom. The maximum Gasteiger partial charge on any atom is 0.160 e. The van der Waals surface area contributed by atoms with Crippen molar-refractivity contribution in [1.29, 1.82) is 0 Å². The molecule has 0 aliphatic heterocycles. The van der Waals surface area contributed by atoms with Crippen LogP contribution in [0.5, 0.6) is 0 Å². The third-order valence-corrected chi connectivity index (χ3v) is 3.01. The summed E-state index contributed by atoms with van der Waals surface area (Å²) in [5, 5.41) is 1.96. The molecule has 0 radical (unpaired) electrons. The predicted molar refractivity (Wildman–Crippen MR) is 59.0 cm³/mol. The van der Waals surface area contributed by atoms with E-state index in [1.54, 1.807) is 0 Å². The first-order chi connectivity index (χ1) is 6.90. The van der Waals surface area contributed by atoms with Crippen LogP contribution in [0.15, 0.2) is 41.8 Å². The molecule has 0 unspecified atom stereocenters. The first kappa shape index (κ1) is 9.16. The minimum atomic E-state index is 0.842. The summed E-state index contributed by atoms with van der Waals surface area (Å²) < 4.78 is 0. The Kier molecular flexibility index (Phi) is 2.75. The number of carbonyl (C=O) groups excluding carboxylic acids is 1. The van der Waals surface area contributed by atoms with E-state index in [0.29, 0.717) is 0 Å². The summed E-state index contributed by atoms with van der Waals surface area (Å²) in [6.45, 7) is 0. The number of hydrogen-bond donors (Lipinski definition) is 0. The molecule has 2 rings (SSSR count). The lowest BCUT2D eigenvalue weighted by molar-refractivity contribution is 0.112. The quantitative estimate of drug-likeness (QED) is 0.699. The molecule has 0 N–H and O–H groups in total. The molecule has 0 bridgehead atoms. The number of hydrogen-bond acceptors (Lipinski definition) is 2. The van der Waals surface area contributed by atoms with Gasteiger partial charge in [-0.1, -0.05) is 30.3 Å². The van der Waals surface area contributed by atoms with Crippen molar-refractivity contribution in [2.75, 3.05) is 0 Å². The van der Waals surface area contributed by atoms with Crippen LogP contribution in [0, 0.1) is 0 Å². The largest absolute Gasteiger partial charge is 0.297 e. The van der Waals surface area contributed by atoms with E-state index in [4.69, 9.17) is 0 Å². The second-order valence-electron chi connectivity index (χ2n) is 3.09. The van der Waals surface area contributed by atoms with Crippen LogP contribution in [0.3, 0.4) is 0 Å². The third-order valence-electron chi connectivity index (χ3n) is 2.13. The van der Waals surface area contributed by atoms with Crippen molar-refractivity contribution in [3.63, 3.8) is 0 Å². The van der Waals surface area contributed by atoms with Crippen molar-refractivity contribution in [2.24, 2.45) is 0 Å². The van der Waals surface area contributed by atoms with Crippen molar-refractivity contribution in [3.05, 3.63) is 57.8 Å². The Morgan fingerprint density at radius 2 is 1.93 bits per heavy atom. The van der Waals surface area contributed by atoms with Gasteiger partial charge in [-0.3, -0.25) is 4.79 Å². The van der Waals surface area contributed by atoms with Gasteiger partial charge >= 0.3 is 0 Å². The van der Waals surface area contributed by atoms with Crippen LogP contribution in [-0.4, -0.2) is 6.29 Å². The van der Waals surface area contributed by atoms with Crippen LogP contribution in [0.25, 0.3) is 0 Å². The highest BCUT2D eigenvalue weighted by atomic mass is 32.1. The minimum absolute atomic E-state index is 0.842. The average Bonchev–Trinajstić information content (AvgIpc) is 2.67. The molecular formula is C12H10OS. The van der Waals surface area contributed by atoms with E-state index >= 15 is 0 Å². The Hall–Kier alpha value is -1.41. The number of rotatable bonds is 3. The molecule has 0 spiro atoms. The van der Waals surface area contributed by atoms with Gasteiger partial charge in [-0.25, -0.2) is 0 Å². The lowest BCUT2D eigenvalue weighted by atomic mass is 10.1. The number of aldehydes is 1. The first-order valence-corrected chi connectivity index (χ1v) is 5.33. The maximum atomic E-state index is 10.7. The molecule has 1 aromatic heterocycles. The van der Waals surface area contributed by atoms with E-state index in [-0.39, 0.29) is 0 Å². The van der Waals surface area contributed by atoms with Crippen LogP contribution in [-0.2, 0) is 6.42 Å². The summed E-state index contributed by atoms with van der Waals surface area (Å²) in [6.07, 6.45) is 1.78. The molecular weight excluding hydrogens is 192 g/mol. The SMILES string of the molecule is O=Cc1sccc1Cc1ccccc1. The molecule has 0 aliphatic carbocycles. The fourth-order valence-corrected chi connectivity index (χ4v) is 2.14. The molecule has 0 aliphatic rings. The van der Waals surface area contributed by atoms with Gasteiger partial charge < -0.3 is 0 Å². The minimum Gasteiger partial charge on any atom is -0.297 e. The average molecular weight is 202 g/mol. The van der Waals surface area contributed by atoms with Crippen LogP contribution < -0.4 is 0 Å². The fraction of sp³-hybridized carbons (Fsp3) is 0.0833. The summed E-state index contributed by atoms with van der Waals surface area (Å²) in [6, 6.07) is 12.2. The van der Waals surface area contributed by atoms with E-state index in [9.17, 15) is 4.79 Å². The molecule has 0 amide bonds. The van der Waals surface area contributed by atoms with Crippen molar-refractivity contribution in [3.8, 4) is 0 Å². The zero-order valence-electron chi connectivity index (χ0n) is 7.64. The summed E-state index contributed by atoms with van der Waals surface area (Å²) >= 11 is 1.50. The van der Waals surface area contributed by atoms with E-state index in [1.165, 1.54) is 16.9 Å². The first-order valence-electron chi connectivity index (χ1n) is 4.45. The molecule has 2 aromatic rings. The molecule has 70 valence electrons. The van der Waals surface area contributed by atoms with Gasteiger partial charge in [0, 0.05) is 0 Å². The molecule has 1 nitrogen and oxygen atoms in total. The topological polar surface area (TPSA) is 17.1 Å². The van der Waals surface area contributed by atoms with Gasteiger partial charge in [-0.2, -0.15) is 0 Å². The summed E-state index contributed by atoms with van der Waals surface area (Å²) in [7, 11) is 0. The molecule has 0 saturated heterocycles. The summed E-state index contributed by atoms with van der Waals surface area (Å²) in [4.78, 5) is 11.5. The molecule has 1 aromatic carbocycles. The summed E-state index contributed by atoms with van der Waals surface area (Å²) in [5.41, 5.74) is 2.37. The van der Waals surface area contributed by atoms with E-state index in [2.05, 4.69) is 12.1 Å². The van der Waals surface area contributed by atoms with Crippen LogP contribution in [0.2, 0.25) is 0 Å². The van der Waals surface area contributed by atoms with Crippen molar-refractivity contribution in [1.82, 2.24) is 0 Å². The number of benzene rings is 1. The molecule has 0 atom stereocenters. The molecule has 1 heterocycles. The predicted octanol–water partition coefficient (Wildman–Crippen LogP) is 3.15. The Balaban J connectivity index is 2.23. The number of thiophene rings is 1. The van der Waals surface area contributed by atoms with Gasteiger partial charge in [0.05, 0.1) is 4.88 Å². The third kappa shape index (κ3) is 1.91. The van der Waals surface area contributed by atoms with E-state index in [1.807, 2.05) is 29.6 Å². The monoisotopic (exact) mass is 202 g/mol.